The summed E-state index contributed by atoms with van der Waals surface area (Å²) < 4.78 is 0. The van der Waals surface area contributed by atoms with E-state index in [9.17, 15) is 14.4 Å². The Kier molecular flexibility index (Phi) is 1.95. The van der Waals surface area contributed by atoms with E-state index >= 15 is 0 Å². The van der Waals surface area contributed by atoms with E-state index in [1.165, 1.54) is 0 Å². The van der Waals surface area contributed by atoms with Crippen LogP contribution in [0.15, 0.2) is 36.4 Å². The monoisotopic (exact) mass is 224 g/mol. The summed E-state index contributed by atoms with van der Waals surface area (Å²) in [5, 5.41) is 1.65. The van der Waals surface area contributed by atoms with E-state index in [0.29, 0.717) is 17.4 Å². The fourth-order valence-corrected chi connectivity index (χ4v) is 2.31. The molecule has 17 heavy (non-hydrogen) atoms. The summed E-state index contributed by atoms with van der Waals surface area (Å²) in [6.45, 7) is 0. The molecule has 0 aromatic heterocycles. The third-order valence-electron chi connectivity index (χ3n) is 3.14. The molecule has 2 aromatic rings. The van der Waals surface area contributed by atoms with Gasteiger partial charge in [0.1, 0.15) is 12.2 Å². The molecule has 0 aliphatic heterocycles. The number of carbonyl (C=O) groups excluding carboxylic acids is 3. The number of aldehydes is 1. The first-order valence-electron chi connectivity index (χ1n) is 5.29. The van der Waals surface area contributed by atoms with Crippen LogP contribution in [0.5, 0.6) is 0 Å². The third-order valence-corrected chi connectivity index (χ3v) is 3.14. The van der Waals surface area contributed by atoms with Crippen molar-refractivity contribution in [1.82, 2.24) is 0 Å². The van der Waals surface area contributed by atoms with Crippen LogP contribution in [0.4, 0.5) is 0 Å². The summed E-state index contributed by atoms with van der Waals surface area (Å²) in [4.78, 5) is 34.6. The molecular weight excluding hydrogens is 216 g/mol. The maximum atomic E-state index is 12.0. The Labute approximate surface area is 97.1 Å². The normalized spacial score (nSPS) is 18.5. The largest absolute Gasteiger partial charge is 0.302 e. The molecule has 1 aliphatic rings. The lowest BCUT2D eigenvalue weighted by atomic mass is 10.0. The summed E-state index contributed by atoms with van der Waals surface area (Å²) in [5.41, 5.74) is 0.760. The number of fused-ring (bicyclic) bond motifs is 3. The molecule has 0 amide bonds. The van der Waals surface area contributed by atoms with Crippen molar-refractivity contribution >= 4 is 28.6 Å². The highest BCUT2D eigenvalue weighted by molar-refractivity contribution is 6.35. The zero-order valence-corrected chi connectivity index (χ0v) is 8.84. The highest BCUT2D eigenvalue weighted by Crippen LogP contribution is 2.32. The van der Waals surface area contributed by atoms with Crippen molar-refractivity contribution in [2.24, 2.45) is 5.92 Å². The SMILES string of the molecule is O=CC1C(=O)c2ccc3ccccc3c2C1=O. The van der Waals surface area contributed by atoms with Crippen LogP contribution in [0.3, 0.4) is 0 Å². The topological polar surface area (TPSA) is 51.2 Å². The second-order valence-corrected chi connectivity index (χ2v) is 4.05. The van der Waals surface area contributed by atoms with Crippen molar-refractivity contribution in [3.05, 3.63) is 47.5 Å². The van der Waals surface area contributed by atoms with Crippen LogP contribution in [0.1, 0.15) is 20.7 Å². The molecule has 0 spiro atoms. The Balaban J connectivity index is 2.41. The maximum Gasteiger partial charge on any atom is 0.182 e. The number of hydrogen-bond acceptors (Lipinski definition) is 3. The Morgan fingerprint density at radius 1 is 0.941 bits per heavy atom. The minimum atomic E-state index is -1.14. The molecule has 0 saturated heterocycles. The van der Waals surface area contributed by atoms with Crippen molar-refractivity contribution in [3.8, 4) is 0 Å². The van der Waals surface area contributed by atoms with E-state index in [1.807, 2.05) is 18.2 Å². The van der Waals surface area contributed by atoms with Gasteiger partial charge < -0.3 is 4.79 Å². The Morgan fingerprint density at radius 2 is 1.71 bits per heavy atom. The molecule has 0 fully saturated rings. The average Bonchev–Trinajstić information content (AvgIpc) is 2.61. The third kappa shape index (κ3) is 1.19. The molecule has 3 heteroatoms. The minimum Gasteiger partial charge on any atom is -0.302 e. The zero-order valence-electron chi connectivity index (χ0n) is 8.84. The van der Waals surface area contributed by atoms with Gasteiger partial charge in [0.2, 0.25) is 0 Å². The van der Waals surface area contributed by atoms with E-state index in [-0.39, 0.29) is 11.6 Å². The fraction of sp³-hybridized carbons (Fsp3) is 0.0714. The van der Waals surface area contributed by atoms with E-state index in [2.05, 4.69) is 0 Å². The van der Waals surface area contributed by atoms with E-state index in [4.69, 9.17) is 0 Å². The van der Waals surface area contributed by atoms with Gasteiger partial charge in [0, 0.05) is 11.1 Å². The molecule has 0 saturated carbocycles. The second kappa shape index (κ2) is 3.35. The first-order valence-corrected chi connectivity index (χ1v) is 5.29. The standard InChI is InChI=1S/C14H8O3/c15-7-11-13(16)10-6-5-8-3-1-2-4-9(8)12(10)14(11)17/h1-7,11H. The first-order chi connectivity index (χ1) is 8.24. The quantitative estimate of drug-likeness (QED) is 0.550. The van der Waals surface area contributed by atoms with Crippen LogP contribution in [0.25, 0.3) is 10.8 Å². The van der Waals surface area contributed by atoms with Crippen molar-refractivity contribution in [1.29, 1.82) is 0 Å². The lowest BCUT2D eigenvalue weighted by Crippen LogP contribution is -2.16. The van der Waals surface area contributed by atoms with Crippen molar-refractivity contribution in [2.75, 3.05) is 0 Å². The Morgan fingerprint density at radius 3 is 2.47 bits per heavy atom. The lowest BCUT2D eigenvalue weighted by Gasteiger charge is -2.02. The van der Waals surface area contributed by atoms with Gasteiger partial charge in [-0.2, -0.15) is 0 Å². The molecule has 0 heterocycles. The minimum absolute atomic E-state index is 0.366. The molecule has 3 nitrogen and oxygen atoms in total. The van der Waals surface area contributed by atoms with Crippen LogP contribution in [0.2, 0.25) is 0 Å². The van der Waals surface area contributed by atoms with Gasteiger partial charge in [0.25, 0.3) is 0 Å². The number of Topliss-reactive ketones (excluding diaryl/α,β-unsaturated/α-hetero) is 2. The van der Waals surface area contributed by atoms with Gasteiger partial charge in [-0.05, 0) is 16.8 Å². The van der Waals surface area contributed by atoms with Gasteiger partial charge in [-0.25, -0.2) is 0 Å². The second-order valence-electron chi connectivity index (χ2n) is 4.05. The average molecular weight is 224 g/mol. The molecule has 1 aliphatic carbocycles. The highest BCUT2D eigenvalue weighted by Gasteiger charge is 2.39. The predicted molar refractivity (Wildman–Crippen MR) is 62.2 cm³/mol. The van der Waals surface area contributed by atoms with Gasteiger partial charge in [0.15, 0.2) is 11.6 Å². The van der Waals surface area contributed by atoms with Crippen LogP contribution < -0.4 is 0 Å². The van der Waals surface area contributed by atoms with Crippen LogP contribution in [-0.2, 0) is 4.79 Å². The van der Waals surface area contributed by atoms with Crippen molar-refractivity contribution < 1.29 is 14.4 Å². The number of benzene rings is 2. The first kappa shape index (κ1) is 9.90. The summed E-state index contributed by atoms with van der Waals surface area (Å²) in [5.74, 6) is -1.90. The van der Waals surface area contributed by atoms with Gasteiger partial charge in [-0.1, -0.05) is 30.3 Å². The van der Waals surface area contributed by atoms with Crippen molar-refractivity contribution in [2.45, 2.75) is 0 Å². The molecule has 0 N–H and O–H groups in total. The van der Waals surface area contributed by atoms with Crippen molar-refractivity contribution in [3.63, 3.8) is 0 Å². The van der Waals surface area contributed by atoms with Gasteiger partial charge in [-0.15, -0.1) is 0 Å². The maximum absolute atomic E-state index is 12.0. The van der Waals surface area contributed by atoms with Crippen LogP contribution >= 0.6 is 0 Å². The molecule has 2 aromatic carbocycles. The Bertz CT molecular complexity index is 670. The molecule has 1 unspecified atom stereocenters. The van der Waals surface area contributed by atoms with E-state index < -0.39 is 5.92 Å². The number of ketones is 2. The molecule has 3 rings (SSSR count). The smallest absolute Gasteiger partial charge is 0.182 e. The molecule has 1 atom stereocenters. The van der Waals surface area contributed by atoms with Gasteiger partial charge >= 0.3 is 0 Å². The summed E-state index contributed by atoms with van der Waals surface area (Å²) >= 11 is 0. The number of rotatable bonds is 1. The van der Waals surface area contributed by atoms with E-state index in [1.54, 1.807) is 18.2 Å². The predicted octanol–water partition coefficient (Wildman–Crippen LogP) is 2.03. The van der Waals surface area contributed by atoms with Crippen LogP contribution in [0, 0.1) is 5.92 Å². The number of hydrogen-bond donors (Lipinski definition) is 0. The van der Waals surface area contributed by atoms with Crippen LogP contribution in [-0.4, -0.2) is 17.9 Å². The van der Waals surface area contributed by atoms with Gasteiger partial charge in [0.05, 0.1) is 0 Å². The molecule has 82 valence electrons. The lowest BCUT2D eigenvalue weighted by molar-refractivity contribution is -0.108. The highest BCUT2D eigenvalue weighted by atomic mass is 16.2. The summed E-state index contributed by atoms with van der Waals surface area (Å²) in [6, 6.07) is 10.8. The fourth-order valence-electron chi connectivity index (χ4n) is 2.31. The Hall–Kier alpha value is -2.29. The molecule has 0 radical (unpaired) electrons. The zero-order chi connectivity index (χ0) is 12.0. The summed E-state index contributed by atoms with van der Waals surface area (Å²) in [6.07, 6.45) is 0.430. The van der Waals surface area contributed by atoms with Gasteiger partial charge in [-0.3, -0.25) is 9.59 Å². The number of carbonyl (C=O) groups is 3. The molecular formula is C14H8O3. The van der Waals surface area contributed by atoms with E-state index in [0.717, 1.165) is 10.8 Å². The molecule has 0 bridgehead atoms. The summed E-state index contributed by atoms with van der Waals surface area (Å²) in [7, 11) is 0.